The lowest BCUT2D eigenvalue weighted by molar-refractivity contribution is -0.137. The number of nitrogens with one attached hydrogen (secondary N) is 1. The van der Waals surface area contributed by atoms with E-state index in [-0.39, 0.29) is 18.2 Å². The summed E-state index contributed by atoms with van der Waals surface area (Å²) in [5.74, 6) is -0.501. The predicted molar refractivity (Wildman–Crippen MR) is 109 cm³/mol. The first-order valence-electron chi connectivity index (χ1n) is 9.44. The van der Waals surface area contributed by atoms with Crippen molar-refractivity contribution in [3.63, 3.8) is 0 Å². The molecule has 0 aliphatic heterocycles. The number of amides is 1. The first-order valence-corrected chi connectivity index (χ1v) is 10.2. The van der Waals surface area contributed by atoms with Crippen molar-refractivity contribution >= 4 is 28.7 Å². The van der Waals surface area contributed by atoms with Crippen LogP contribution in [-0.2, 0) is 17.5 Å². The van der Waals surface area contributed by atoms with Crippen LogP contribution in [-0.4, -0.2) is 20.8 Å². The summed E-state index contributed by atoms with van der Waals surface area (Å²) in [4.78, 5) is 12.7. The van der Waals surface area contributed by atoms with Gasteiger partial charge in [0.15, 0.2) is 6.10 Å². The van der Waals surface area contributed by atoms with Crippen LogP contribution in [0.1, 0.15) is 37.0 Å². The minimum Gasteiger partial charge on any atom is -0.481 e. The Morgan fingerprint density at radius 1 is 1.19 bits per heavy atom. The Hall–Kier alpha value is -3.19. The molecule has 1 heterocycles. The van der Waals surface area contributed by atoms with Crippen LogP contribution in [0.15, 0.2) is 36.4 Å². The summed E-state index contributed by atoms with van der Waals surface area (Å²) in [6, 6.07) is 10.0. The molecule has 0 aliphatic carbocycles. The van der Waals surface area contributed by atoms with Crippen LogP contribution in [0, 0.1) is 17.2 Å². The second-order valence-corrected chi connectivity index (χ2v) is 7.89. The zero-order valence-corrected chi connectivity index (χ0v) is 17.5. The quantitative estimate of drug-likeness (QED) is 0.567. The Morgan fingerprint density at radius 3 is 2.61 bits per heavy atom. The fourth-order valence-electron chi connectivity index (χ4n) is 2.97. The topological polar surface area (TPSA) is 87.9 Å². The van der Waals surface area contributed by atoms with E-state index in [1.165, 1.54) is 12.1 Å². The summed E-state index contributed by atoms with van der Waals surface area (Å²) in [6.07, 6.45) is -5.38. The van der Waals surface area contributed by atoms with Crippen molar-refractivity contribution in [3.8, 4) is 11.8 Å². The van der Waals surface area contributed by atoms with Gasteiger partial charge in [-0.15, -0.1) is 0 Å². The normalized spacial score (nSPS) is 12.5. The largest absolute Gasteiger partial charge is 0.481 e. The zero-order valence-electron chi connectivity index (χ0n) is 16.7. The molecule has 0 saturated carbocycles. The number of benzene rings is 2. The van der Waals surface area contributed by atoms with Crippen molar-refractivity contribution in [3.05, 3.63) is 53.1 Å². The molecule has 1 N–H and O–H groups in total. The second-order valence-electron chi connectivity index (χ2n) is 7.36. The molecule has 0 saturated heterocycles. The molecule has 6 nitrogen and oxygen atoms in total. The zero-order chi connectivity index (χ0) is 22.6. The molecule has 10 heteroatoms. The van der Waals surface area contributed by atoms with Gasteiger partial charge in [0.05, 0.1) is 28.9 Å². The number of halogens is 3. The molecule has 0 spiro atoms. The molecule has 0 bridgehead atoms. The summed E-state index contributed by atoms with van der Waals surface area (Å²) in [5, 5.41) is 11.7. The van der Waals surface area contributed by atoms with Gasteiger partial charge in [-0.3, -0.25) is 4.79 Å². The van der Waals surface area contributed by atoms with Crippen LogP contribution in [0.2, 0.25) is 0 Å². The number of carbonyl (C=O) groups excluding carboxylic acids is 1. The van der Waals surface area contributed by atoms with Crippen LogP contribution >= 0.6 is 11.7 Å². The van der Waals surface area contributed by atoms with E-state index in [1.54, 1.807) is 6.07 Å². The van der Waals surface area contributed by atoms with Gasteiger partial charge in [0, 0.05) is 6.54 Å². The number of fused-ring (bicyclic) bond motifs is 1. The summed E-state index contributed by atoms with van der Waals surface area (Å²) < 4.78 is 53.6. The molecule has 0 fully saturated rings. The monoisotopic (exact) mass is 448 g/mol. The van der Waals surface area contributed by atoms with Crippen LogP contribution in [0.5, 0.6) is 5.75 Å². The molecule has 162 valence electrons. The van der Waals surface area contributed by atoms with Gasteiger partial charge in [0.2, 0.25) is 0 Å². The second kappa shape index (κ2) is 9.31. The van der Waals surface area contributed by atoms with Gasteiger partial charge in [0.25, 0.3) is 5.91 Å². The lowest BCUT2D eigenvalue weighted by Crippen LogP contribution is -2.39. The molecule has 1 aromatic heterocycles. The lowest BCUT2D eigenvalue weighted by Gasteiger charge is -2.21. The maximum atomic E-state index is 13.2. The number of ether oxygens (including phenoxy) is 1. The van der Waals surface area contributed by atoms with Crippen molar-refractivity contribution < 1.29 is 22.7 Å². The molecule has 1 amide bonds. The molecular weight excluding hydrogens is 429 g/mol. The van der Waals surface area contributed by atoms with Crippen LogP contribution in [0.4, 0.5) is 13.2 Å². The first kappa shape index (κ1) is 22.5. The highest BCUT2D eigenvalue weighted by Crippen LogP contribution is 2.34. The average Bonchev–Trinajstić information content (AvgIpc) is 3.18. The third-order valence-electron chi connectivity index (χ3n) is 4.46. The van der Waals surface area contributed by atoms with E-state index in [0.717, 1.165) is 40.5 Å². The molecule has 3 rings (SSSR count). The van der Waals surface area contributed by atoms with E-state index >= 15 is 0 Å². The number of alkyl halides is 3. The number of nitriles is 1. The number of hydrogen-bond acceptors (Lipinski definition) is 6. The highest BCUT2D eigenvalue weighted by Gasteiger charge is 2.34. The van der Waals surface area contributed by atoms with Crippen molar-refractivity contribution in [2.45, 2.75) is 39.1 Å². The first-order chi connectivity index (χ1) is 14.7. The smallest absolute Gasteiger partial charge is 0.417 e. The number of carbonyl (C=O) groups is 1. The van der Waals surface area contributed by atoms with Gasteiger partial charge in [-0.05, 0) is 48.2 Å². The molecule has 1 atom stereocenters. The third kappa shape index (κ3) is 5.70. The molecule has 2 aromatic carbocycles. The van der Waals surface area contributed by atoms with Crippen LogP contribution in [0.25, 0.3) is 11.0 Å². The van der Waals surface area contributed by atoms with E-state index in [1.807, 2.05) is 26.0 Å². The van der Waals surface area contributed by atoms with Gasteiger partial charge in [-0.2, -0.15) is 27.2 Å². The Bertz CT molecular complexity index is 1120. The molecule has 31 heavy (non-hydrogen) atoms. The number of rotatable bonds is 7. The predicted octanol–water partition coefficient (Wildman–Crippen LogP) is 4.69. The van der Waals surface area contributed by atoms with Crippen molar-refractivity contribution in [2.24, 2.45) is 5.92 Å². The van der Waals surface area contributed by atoms with Gasteiger partial charge in [-0.1, -0.05) is 19.9 Å². The van der Waals surface area contributed by atoms with E-state index in [0.29, 0.717) is 6.42 Å². The van der Waals surface area contributed by atoms with Crippen molar-refractivity contribution in [2.75, 3.05) is 0 Å². The third-order valence-corrected chi connectivity index (χ3v) is 5.01. The van der Waals surface area contributed by atoms with Gasteiger partial charge in [-0.25, -0.2) is 0 Å². The summed E-state index contributed by atoms with van der Waals surface area (Å²) in [6.45, 7) is 3.98. The Kier molecular flexibility index (Phi) is 6.75. The van der Waals surface area contributed by atoms with E-state index < -0.39 is 29.3 Å². The minimum absolute atomic E-state index is 0.0636. The van der Waals surface area contributed by atoms with E-state index in [9.17, 15) is 18.0 Å². The van der Waals surface area contributed by atoms with E-state index in [2.05, 4.69) is 14.1 Å². The summed E-state index contributed by atoms with van der Waals surface area (Å²) in [7, 11) is 0. The van der Waals surface area contributed by atoms with Crippen molar-refractivity contribution in [1.29, 1.82) is 5.26 Å². The fourth-order valence-corrected chi connectivity index (χ4v) is 3.49. The molecule has 0 radical (unpaired) electrons. The SMILES string of the molecule is CC(C)CC(Oc1ccc(C#N)c(C(F)(F)F)c1)C(=O)NCc1ccc2nsnc2c1. The van der Waals surface area contributed by atoms with E-state index in [4.69, 9.17) is 10.00 Å². The van der Waals surface area contributed by atoms with Gasteiger partial charge < -0.3 is 10.1 Å². The number of aromatic nitrogens is 2. The average molecular weight is 448 g/mol. The Labute approximate surface area is 181 Å². The fraction of sp³-hybridized carbons (Fsp3) is 0.333. The van der Waals surface area contributed by atoms with Gasteiger partial charge in [0.1, 0.15) is 16.8 Å². The Balaban J connectivity index is 1.75. The minimum atomic E-state index is -4.70. The van der Waals surface area contributed by atoms with Crippen molar-refractivity contribution in [1.82, 2.24) is 14.1 Å². The molecule has 1 unspecified atom stereocenters. The standard InChI is InChI=1S/C21H19F3N4O2S/c1-12(2)7-19(30-15-5-4-14(10-25)16(9-15)21(22,23)24)20(29)26-11-13-3-6-17-18(8-13)28-31-27-17/h3-6,8-9,12,19H,7,11H2,1-2H3,(H,26,29). The number of hydrogen-bond donors (Lipinski definition) is 1. The highest BCUT2D eigenvalue weighted by atomic mass is 32.1. The van der Waals surface area contributed by atoms with Gasteiger partial charge >= 0.3 is 6.18 Å². The highest BCUT2D eigenvalue weighted by molar-refractivity contribution is 7.00. The summed E-state index contributed by atoms with van der Waals surface area (Å²) >= 11 is 1.10. The van der Waals surface area contributed by atoms with Crippen LogP contribution in [0.3, 0.4) is 0 Å². The Morgan fingerprint density at radius 2 is 1.94 bits per heavy atom. The molecule has 0 aliphatic rings. The molecule has 3 aromatic rings. The lowest BCUT2D eigenvalue weighted by atomic mass is 10.0. The maximum absolute atomic E-state index is 13.2. The number of nitrogens with zero attached hydrogens (tertiary/aromatic N) is 3. The maximum Gasteiger partial charge on any atom is 0.417 e. The molecular formula is C21H19F3N4O2S. The van der Waals surface area contributed by atoms with Crippen LogP contribution < -0.4 is 10.1 Å². The summed E-state index contributed by atoms with van der Waals surface area (Å²) in [5.41, 5.74) is 0.707.